The summed E-state index contributed by atoms with van der Waals surface area (Å²) < 4.78 is 38.0. The molecular weight excluding hydrogens is 293 g/mol. The van der Waals surface area contributed by atoms with Gasteiger partial charge in [-0.3, -0.25) is 4.98 Å². The maximum Gasteiger partial charge on any atom is 0.433 e. The van der Waals surface area contributed by atoms with E-state index >= 15 is 0 Å². The highest BCUT2D eigenvalue weighted by atomic mass is 35.5. The Hall–Kier alpha value is -1.89. The van der Waals surface area contributed by atoms with E-state index < -0.39 is 17.2 Å². The van der Waals surface area contributed by atoms with Crippen LogP contribution < -0.4 is 4.90 Å². The molecule has 4 nitrogen and oxygen atoms in total. The Morgan fingerprint density at radius 3 is 2.45 bits per heavy atom. The lowest BCUT2D eigenvalue weighted by molar-refractivity contribution is -0.141. The molecule has 0 aliphatic rings. The topological polar surface area (TPSA) is 41.9 Å². The summed E-state index contributed by atoms with van der Waals surface area (Å²) in [5.74, 6) is 0.106. The lowest BCUT2D eigenvalue weighted by Gasteiger charge is -2.19. The molecule has 0 aliphatic carbocycles. The lowest BCUT2D eigenvalue weighted by Crippen LogP contribution is -2.19. The Kier molecular flexibility index (Phi) is 4.08. The summed E-state index contributed by atoms with van der Waals surface area (Å²) in [5, 5.41) is -0.434. The predicted molar refractivity (Wildman–Crippen MR) is 68.4 cm³/mol. The van der Waals surface area contributed by atoms with E-state index in [4.69, 9.17) is 11.6 Å². The van der Waals surface area contributed by atoms with Crippen LogP contribution in [0.3, 0.4) is 0 Å². The van der Waals surface area contributed by atoms with E-state index in [1.54, 1.807) is 36.5 Å². The molecule has 0 fully saturated rings. The van der Waals surface area contributed by atoms with Crippen LogP contribution in [0.5, 0.6) is 0 Å². The number of nitrogens with zero attached hydrogens (tertiary/aromatic N) is 4. The third-order valence-corrected chi connectivity index (χ3v) is 2.71. The third-order valence-electron chi connectivity index (χ3n) is 2.54. The Balaban J connectivity index is 2.26. The zero-order valence-corrected chi connectivity index (χ0v) is 11.2. The average Bonchev–Trinajstić information content (AvgIpc) is 2.38. The van der Waals surface area contributed by atoms with Gasteiger partial charge in [0.05, 0.1) is 0 Å². The van der Waals surface area contributed by atoms with Crippen LogP contribution in [0, 0.1) is 0 Å². The lowest BCUT2D eigenvalue weighted by atomic mass is 10.2. The molecule has 20 heavy (non-hydrogen) atoms. The maximum absolute atomic E-state index is 12.7. The second-order valence-electron chi connectivity index (χ2n) is 4.09. The number of hydrogen-bond acceptors (Lipinski definition) is 4. The van der Waals surface area contributed by atoms with Gasteiger partial charge in [0.25, 0.3) is 0 Å². The van der Waals surface area contributed by atoms with Crippen molar-refractivity contribution in [1.82, 2.24) is 15.0 Å². The van der Waals surface area contributed by atoms with Crippen LogP contribution in [0.15, 0.2) is 30.6 Å². The largest absolute Gasteiger partial charge is 0.433 e. The van der Waals surface area contributed by atoms with Crippen molar-refractivity contribution in [2.75, 3.05) is 11.9 Å². The van der Waals surface area contributed by atoms with Crippen LogP contribution in [0.2, 0.25) is 5.28 Å². The summed E-state index contributed by atoms with van der Waals surface area (Å²) in [6.07, 6.45) is -1.34. The van der Waals surface area contributed by atoms with Gasteiger partial charge < -0.3 is 4.90 Å². The van der Waals surface area contributed by atoms with Crippen LogP contribution in [-0.4, -0.2) is 22.0 Å². The normalized spacial score (nSPS) is 11.4. The minimum Gasteiger partial charge on any atom is -0.355 e. The fourth-order valence-corrected chi connectivity index (χ4v) is 1.77. The van der Waals surface area contributed by atoms with Gasteiger partial charge in [0.1, 0.15) is 5.82 Å². The zero-order valence-electron chi connectivity index (χ0n) is 10.4. The molecule has 0 spiro atoms. The quantitative estimate of drug-likeness (QED) is 0.817. The van der Waals surface area contributed by atoms with E-state index in [2.05, 4.69) is 15.0 Å². The van der Waals surface area contributed by atoms with Crippen molar-refractivity contribution in [2.45, 2.75) is 12.7 Å². The van der Waals surface area contributed by atoms with Crippen LogP contribution in [-0.2, 0) is 12.7 Å². The molecule has 2 aromatic heterocycles. The zero-order chi connectivity index (χ0) is 14.8. The van der Waals surface area contributed by atoms with Gasteiger partial charge in [-0.15, -0.1) is 0 Å². The summed E-state index contributed by atoms with van der Waals surface area (Å²) >= 11 is 5.54. The summed E-state index contributed by atoms with van der Waals surface area (Å²) in [7, 11) is 1.62. The van der Waals surface area contributed by atoms with Gasteiger partial charge in [-0.2, -0.15) is 13.2 Å². The minimum atomic E-state index is -4.56. The summed E-state index contributed by atoms with van der Waals surface area (Å²) in [6.45, 7) is 0.382. The first-order chi connectivity index (χ1) is 9.36. The first-order valence-corrected chi connectivity index (χ1v) is 5.96. The smallest absolute Gasteiger partial charge is 0.355 e. The fourth-order valence-electron chi connectivity index (χ4n) is 1.59. The molecule has 2 rings (SSSR count). The SMILES string of the molecule is CN(Cc1ccncc1)c1cc(C(F)(F)F)nc(Cl)n1. The maximum atomic E-state index is 12.7. The minimum absolute atomic E-state index is 0.106. The van der Waals surface area contributed by atoms with Crippen molar-refractivity contribution in [2.24, 2.45) is 0 Å². The summed E-state index contributed by atoms with van der Waals surface area (Å²) in [6, 6.07) is 4.40. The number of aromatic nitrogens is 3. The molecule has 0 atom stereocenters. The van der Waals surface area contributed by atoms with Crippen LogP contribution in [0.25, 0.3) is 0 Å². The van der Waals surface area contributed by atoms with Gasteiger partial charge in [-0.05, 0) is 29.3 Å². The molecule has 8 heteroatoms. The van der Waals surface area contributed by atoms with E-state index in [0.29, 0.717) is 6.54 Å². The second kappa shape index (κ2) is 5.62. The highest BCUT2D eigenvalue weighted by Gasteiger charge is 2.33. The molecule has 106 valence electrons. The molecule has 0 N–H and O–H groups in total. The standard InChI is InChI=1S/C12H10ClF3N4/c1-20(7-8-2-4-17-5-3-8)10-6-9(12(14,15)16)18-11(13)19-10/h2-6H,7H2,1H3. The van der Waals surface area contributed by atoms with Crippen molar-refractivity contribution in [3.05, 3.63) is 47.1 Å². The van der Waals surface area contributed by atoms with Crippen molar-refractivity contribution in [3.63, 3.8) is 0 Å². The molecule has 0 saturated heterocycles. The van der Waals surface area contributed by atoms with Gasteiger partial charge in [0.15, 0.2) is 5.69 Å². The van der Waals surface area contributed by atoms with Gasteiger partial charge in [-0.1, -0.05) is 0 Å². The molecule has 0 bridgehead atoms. The van der Waals surface area contributed by atoms with Crippen molar-refractivity contribution in [3.8, 4) is 0 Å². The number of alkyl halides is 3. The average molecular weight is 303 g/mol. The molecule has 0 saturated carbocycles. The van der Waals surface area contributed by atoms with Crippen LogP contribution >= 0.6 is 11.6 Å². The number of hydrogen-bond donors (Lipinski definition) is 0. The molecule has 0 aliphatic heterocycles. The Morgan fingerprint density at radius 2 is 1.85 bits per heavy atom. The second-order valence-corrected chi connectivity index (χ2v) is 4.43. The number of pyridine rings is 1. The first kappa shape index (κ1) is 14.5. The Labute approximate surface area is 118 Å². The van der Waals surface area contributed by atoms with E-state index in [0.717, 1.165) is 11.6 Å². The highest BCUT2D eigenvalue weighted by molar-refractivity contribution is 6.28. The monoisotopic (exact) mass is 302 g/mol. The van der Waals surface area contributed by atoms with E-state index in [-0.39, 0.29) is 5.82 Å². The number of rotatable bonds is 3. The van der Waals surface area contributed by atoms with Gasteiger partial charge in [0.2, 0.25) is 5.28 Å². The van der Waals surface area contributed by atoms with Gasteiger partial charge in [-0.25, -0.2) is 9.97 Å². The van der Waals surface area contributed by atoms with E-state index in [1.165, 1.54) is 0 Å². The molecule has 2 heterocycles. The van der Waals surface area contributed by atoms with Gasteiger partial charge >= 0.3 is 6.18 Å². The number of halogens is 4. The number of anilines is 1. The molecule has 2 aromatic rings. The predicted octanol–water partition coefficient (Wildman–Crippen LogP) is 3.18. The van der Waals surface area contributed by atoms with E-state index in [1.807, 2.05) is 0 Å². The Morgan fingerprint density at radius 1 is 1.20 bits per heavy atom. The van der Waals surface area contributed by atoms with Crippen LogP contribution in [0.1, 0.15) is 11.3 Å². The van der Waals surface area contributed by atoms with Crippen molar-refractivity contribution >= 4 is 17.4 Å². The molecule has 0 aromatic carbocycles. The summed E-state index contributed by atoms with van der Waals surface area (Å²) in [4.78, 5) is 12.4. The first-order valence-electron chi connectivity index (χ1n) is 5.58. The van der Waals surface area contributed by atoms with Gasteiger partial charge in [0, 0.05) is 32.1 Å². The highest BCUT2D eigenvalue weighted by Crippen LogP contribution is 2.30. The van der Waals surface area contributed by atoms with Crippen molar-refractivity contribution < 1.29 is 13.2 Å². The summed E-state index contributed by atoms with van der Waals surface area (Å²) in [5.41, 5.74) is -0.167. The molecular formula is C12H10ClF3N4. The van der Waals surface area contributed by atoms with Crippen molar-refractivity contribution in [1.29, 1.82) is 0 Å². The van der Waals surface area contributed by atoms with Crippen LogP contribution in [0.4, 0.5) is 19.0 Å². The van der Waals surface area contributed by atoms with E-state index in [9.17, 15) is 13.2 Å². The third kappa shape index (κ3) is 3.57. The molecule has 0 radical (unpaired) electrons. The fraction of sp³-hybridized carbons (Fsp3) is 0.250. The molecule has 0 amide bonds. The Bertz CT molecular complexity index is 589. The molecule has 0 unspecified atom stereocenters.